The summed E-state index contributed by atoms with van der Waals surface area (Å²) in [4.78, 5) is 24.3. The number of rotatable bonds is 5. The molecule has 0 aromatic heterocycles. The topological polar surface area (TPSA) is 78.6 Å². The molecule has 0 saturated carbocycles. The minimum absolute atomic E-state index is 0.0923. The first kappa shape index (κ1) is 16.2. The normalized spacial score (nSPS) is 12.7. The third-order valence-corrected chi connectivity index (χ3v) is 2.60. The summed E-state index contributed by atoms with van der Waals surface area (Å²) in [7, 11) is 1.51. The van der Waals surface area contributed by atoms with E-state index < -0.39 is 17.5 Å². The molecule has 20 heavy (non-hydrogen) atoms. The van der Waals surface area contributed by atoms with Crippen molar-refractivity contribution in [1.82, 2.24) is 0 Å². The smallest absolute Gasteiger partial charge is 0.318 e. The largest absolute Gasteiger partial charge is 0.497 e. The molecule has 0 radical (unpaired) electrons. The number of methoxy groups -OCH3 is 1. The van der Waals surface area contributed by atoms with Crippen LogP contribution in [0.1, 0.15) is 31.1 Å². The lowest BCUT2D eigenvalue weighted by Crippen LogP contribution is -2.37. The van der Waals surface area contributed by atoms with E-state index in [1.54, 1.807) is 45.0 Å². The zero-order valence-electron chi connectivity index (χ0n) is 12.3. The summed E-state index contributed by atoms with van der Waals surface area (Å²) in [6, 6.07) is 6.61. The van der Waals surface area contributed by atoms with Gasteiger partial charge in [0.25, 0.3) is 0 Å². The fourth-order valence-corrected chi connectivity index (χ4v) is 1.66. The number of esters is 1. The first-order valence-corrected chi connectivity index (χ1v) is 6.39. The predicted molar refractivity (Wildman–Crippen MR) is 75.7 cm³/mol. The molecule has 0 aliphatic heterocycles. The lowest BCUT2D eigenvalue weighted by atomic mass is 9.97. The molecule has 5 nitrogen and oxygen atoms in total. The Labute approximate surface area is 119 Å². The molecule has 1 aromatic rings. The van der Waals surface area contributed by atoms with E-state index in [1.807, 2.05) is 0 Å². The molecule has 0 amide bonds. The Morgan fingerprint density at radius 2 is 1.95 bits per heavy atom. The summed E-state index contributed by atoms with van der Waals surface area (Å²) in [6.07, 6.45) is 0. The van der Waals surface area contributed by atoms with Gasteiger partial charge in [0.05, 0.1) is 7.11 Å². The molecule has 110 valence electrons. The Morgan fingerprint density at radius 3 is 2.45 bits per heavy atom. The van der Waals surface area contributed by atoms with E-state index in [9.17, 15) is 9.59 Å². The highest BCUT2D eigenvalue weighted by molar-refractivity contribution is 6.09. The van der Waals surface area contributed by atoms with Crippen LogP contribution in [0, 0.1) is 5.92 Å². The second-order valence-electron chi connectivity index (χ2n) is 5.42. The van der Waals surface area contributed by atoms with E-state index in [4.69, 9.17) is 15.2 Å². The SMILES string of the molecule is COc1cccc(C(=O)[C@H](CN)C(=O)OC(C)(C)C)c1. The van der Waals surface area contributed by atoms with Crippen LogP contribution < -0.4 is 10.5 Å². The molecule has 1 atom stereocenters. The second kappa shape index (κ2) is 6.52. The van der Waals surface area contributed by atoms with Crippen LogP contribution in [-0.2, 0) is 9.53 Å². The minimum atomic E-state index is -0.999. The Bertz CT molecular complexity index is 491. The average molecular weight is 279 g/mol. The summed E-state index contributed by atoms with van der Waals surface area (Å²) in [6.45, 7) is 5.14. The number of carbonyl (C=O) groups excluding carboxylic acids is 2. The van der Waals surface area contributed by atoms with Gasteiger partial charge in [-0.2, -0.15) is 0 Å². The Balaban J connectivity index is 2.94. The molecule has 1 aromatic carbocycles. The summed E-state index contributed by atoms with van der Waals surface area (Å²) >= 11 is 0. The van der Waals surface area contributed by atoms with Crippen LogP contribution in [-0.4, -0.2) is 31.0 Å². The van der Waals surface area contributed by atoms with Crippen LogP contribution in [0.2, 0.25) is 0 Å². The van der Waals surface area contributed by atoms with Crippen molar-refractivity contribution in [3.8, 4) is 5.75 Å². The van der Waals surface area contributed by atoms with Gasteiger partial charge in [0.1, 0.15) is 17.3 Å². The molecule has 1 rings (SSSR count). The maximum Gasteiger partial charge on any atom is 0.318 e. The number of hydrogen-bond acceptors (Lipinski definition) is 5. The zero-order chi connectivity index (χ0) is 15.3. The lowest BCUT2D eigenvalue weighted by Gasteiger charge is -2.22. The highest BCUT2D eigenvalue weighted by Crippen LogP contribution is 2.18. The van der Waals surface area contributed by atoms with Gasteiger partial charge in [0.2, 0.25) is 0 Å². The highest BCUT2D eigenvalue weighted by atomic mass is 16.6. The Hall–Kier alpha value is -1.88. The first-order valence-electron chi connectivity index (χ1n) is 6.39. The summed E-state index contributed by atoms with van der Waals surface area (Å²) in [5.74, 6) is -1.41. The van der Waals surface area contributed by atoms with E-state index in [0.717, 1.165) is 0 Å². The van der Waals surface area contributed by atoms with Crippen molar-refractivity contribution in [2.75, 3.05) is 13.7 Å². The van der Waals surface area contributed by atoms with Crippen LogP contribution in [0.4, 0.5) is 0 Å². The summed E-state index contributed by atoms with van der Waals surface area (Å²) in [5.41, 5.74) is 5.28. The van der Waals surface area contributed by atoms with Gasteiger partial charge in [-0.25, -0.2) is 0 Å². The van der Waals surface area contributed by atoms with E-state index in [2.05, 4.69) is 0 Å². The van der Waals surface area contributed by atoms with Gasteiger partial charge >= 0.3 is 5.97 Å². The average Bonchev–Trinajstić information content (AvgIpc) is 2.37. The molecule has 0 aliphatic carbocycles. The van der Waals surface area contributed by atoms with Crippen LogP contribution in [0.15, 0.2) is 24.3 Å². The first-order chi connectivity index (χ1) is 9.28. The molecule has 0 heterocycles. The van der Waals surface area contributed by atoms with Crippen molar-refractivity contribution in [2.24, 2.45) is 11.7 Å². The molecule has 0 saturated heterocycles. The van der Waals surface area contributed by atoms with Gasteiger partial charge in [-0.3, -0.25) is 9.59 Å². The van der Waals surface area contributed by atoms with E-state index in [1.165, 1.54) is 7.11 Å². The predicted octanol–water partition coefficient (Wildman–Crippen LogP) is 1.79. The number of ether oxygens (including phenoxy) is 2. The number of nitrogens with two attached hydrogens (primary N) is 1. The molecule has 0 spiro atoms. The maximum absolute atomic E-state index is 12.3. The van der Waals surface area contributed by atoms with Gasteiger partial charge < -0.3 is 15.2 Å². The number of Topliss-reactive ketones (excluding diaryl/α,β-unsaturated/α-hetero) is 1. The number of hydrogen-bond donors (Lipinski definition) is 1. The van der Waals surface area contributed by atoms with Crippen LogP contribution in [0.25, 0.3) is 0 Å². The van der Waals surface area contributed by atoms with Crippen molar-refractivity contribution < 1.29 is 19.1 Å². The number of benzene rings is 1. The molecule has 2 N–H and O–H groups in total. The van der Waals surface area contributed by atoms with Gasteiger partial charge in [-0.15, -0.1) is 0 Å². The van der Waals surface area contributed by atoms with Gasteiger partial charge in [-0.1, -0.05) is 12.1 Å². The monoisotopic (exact) mass is 279 g/mol. The van der Waals surface area contributed by atoms with Crippen LogP contribution in [0.5, 0.6) is 5.75 Å². The molecule has 0 fully saturated rings. The minimum Gasteiger partial charge on any atom is -0.497 e. The van der Waals surface area contributed by atoms with Gasteiger partial charge in [0.15, 0.2) is 5.78 Å². The molecule has 5 heteroatoms. The summed E-state index contributed by atoms with van der Waals surface area (Å²) < 4.78 is 10.3. The number of carbonyl (C=O) groups is 2. The van der Waals surface area contributed by atoms with Gasteiger partial charge in [-0.05, 0) is 32.9 Å². The van der Waals surface area contributed by atoms with Crippen molar-refractivity contribution in [2.45, 2.75) is 26.4 Å². The van der Waals surface area contributed by atoms with E-state index >= 15 is 0 Å². The molecular formula is C15H21NO4. The standard InChI is InChI=1S/C15H21NO4/c1-15(2,3)20-14(18)12(9-16)13(17)10-6-5-7-11(8-10)19-4/h5-8,12H,9,16H2,1-4H3/t12-/m0/s1. The quantitative estimate of drug-likeness (QED) is 0.505. The van der Waals surface area contributed by atoms with Crippen molar-refractivity contribution in [3.05, 3.63) is 29.8 Å². The number of ketones is 1. The van der Waals surface area contributed by atoms with Gasteiger partial charge in [0, 0.05) is 12.1 Å². The molecule has 0 unspecified atom stereocenters. The van der Waals surface area contributed by atoms with E-state index in [0.29, 0.717) is 11.3 Å². The van der Waals surface area contributed by atoms with E-state index in [-0.39, 0.29) is 12.3 Å². The third-order valence-electron chi connectivity index (χ3n) is 2.60. The van der Waals surface area contributed by atoms with Crippen molar-refractivity contribution in [1.29, 1.82) is 0 Å². The lowest BCUT2D eigenvalue weighted by molar-refractivity contribution is -0.157. The Kier molecular flexibility index (Phi) is 5.27. The Morgan fingerprint density at radius 1 is 1.30 bits per heavy atom. The van der Waals surface area contributed by atoms with Crippen molar-refractivity contribution in [3.63, 3.8) is 0 Å². The fourth-order valence-electron chi connectivity index (χ4n) is 1.66. The van der Waals surface area contributed by atoms with Crippen molar-refractivity contribution >= 4 is 11.8 Å². The fraction of sp³-hybridized carbons (Fsp3) is 0.467. The summed E-state index contributed by atoms with van der Waals surface area (Å²) in [5, 5.41) is 0. The zero-order valence-corrected chi connectivity index (χ0v) is 12.3. The molecule has 0 bridgehead atoms. The second-order valence-corrected chi connectivity index (χ2v) is 5.42. The third kappa shape index (κ3) is 4.35. The highest BCUT2D eigenvalue weighted by Gasteiger charge is 2.30. The molecule has 0 aliphatic rings. The molecular weight excluding hydrogens is 258 g/mol. The van der Waals surface area contributed by atoms with Crippen LogP contribution >= 0.6 is 0 Å². The maximum atomic E-state index is 12.3. The van der Waals surface area contributed by atoms with Crippen LogP contribution in [0.3, 0.4) is 0 Å².